The van der Waals surface area contributed by atoms with Crippen molar-refractivity contribution in [1.82, 2.24) is 14.9 Å². The van der Waals surface area contributed by atoms with Gasteiger partial charge in [0.25, 0.3) is 5.91 Å². The van der Waals surface area contributed by atoms with Crippen molar-refractivity contribution in [2.24, 2.45) is 0 Å². The van der Waals surface area contributed by atoms with Crippen LogP contribution in [0.1, 0.15) is 21.5 Å². The fraction of sp³-hybridized carbons (Fsp3) is 0.227. The van der Waals surface area contributed by atoms with Crippen LogP contribution in [0.25, 0.3) is 0 Å². The summed E-state index contributed by atoms with van der Waals surface area (Å²) in [6.07, 6.45) is 3.79. The highest BCUT2D eigenvalue weighted by Crippen LogP contribution is 2.26. The summed E-state index contributed by atoms with van der Waals surface area (Å²) in [5, 5.41) is 0.535. The quantitative estimate of drug-likeness (QED) is 0.641. The Hall–Kier alpha value is -3.12. The van der Waals surface area contributed by atoms with Gasteiger partial charge < -0.3 is 14.4 Å². The van der Waals surface area contributed by atoms with Gasteiger partial charge in [-0.05, 0) is 35.7 Å². The van der Waals surface area contributed by atoms with Gasteiger partial charge in [0.05, 0.1) is 25.5 Å². The molecule has 1 aliphatic heterocycles. The van der Waals surface area contributed by atoms with Crippen LogP contribution in [-0.2, 0) is 13.0 Å². The topological polar surface area (TPSA) is 64.6 Å². The lowest BCUT2D eigenvalue weighted by Crippen LogP contribution is -2.47. The standard InChI is InChI=1S/C22H20ClN3O3/c1-28-20-11-24-22(25-12-20)29-14-19-10-15-5-2-3-6-17(15)13-26(19)21(27)16-7-4-8-18(23)9-16/h2-9,11-12,19H,10,13-14H2,1H3/t19-/m0/s1. The summed E-state index contributed by atoms with van der Waals surface area (Å²) in [6.45, 7) is 0.798. The fourth-order valence-electron chi connectivity index (χ4n) is 3.42. The molecular formula is C22H20ClN3O3. The minimum Gasteiger partial charge on any atom is -0.494 e. The summed E-state index contributed by atoms with van der Waals surface area (Å²) in [5.74, 6) is 0.480. The normalized spacial score (nSPS) is 15.5. The molecule has 1 amide bonds. The summed E-state index contributed by atoms with van der Waals surface area (Å²) in [5.41, 5.74) is 2.91. The van der Waals surface area contributed by atoms with Gasteiger partial charge >= 0.3 is 6.01 Å². The van der Waals surface area contributed by atoms with Gasteiger partial charge in [0.1, 0.15) is 6.61 Å². The molecule has 0 N–H and O–H groups in total. The van der Waals surface area contributed by atoms with Gasteiger partial charge in [-0.1, -0.05) is 41.9 Å². The van der Waals surface area contributed by atoms with Gasteiger partial charge in [0.15, 0.2) is 5.75 Å². The molecule has 1 aromatic heterocycles. The predicted octanol–water partition coefficient (Wildman–Crippen LogP) is 3.78. The predicted molar refractivity (Wildman–Crippen MR) is 109 cm³/mol. The average Bonchev–Trinajstić information content (AvgIpc) is 2.77. The lowest BCUT2D eigenvalue weighted by molar-refractivity contribution is 0.0558. The van der Waals surface area contributed by atoms with Crippen molar-refractivity contribution in [3.63, 3.8) is 0 Å². The Morgan fingerprint density at radius 3 is 2.62 bits per heavy atom. The van der Waals surface area contributed by atoms with Crippen LogP contribution in [0.2, 0.25) is 5.02 Å². The number of rotatable bonds is 5. The van der Waals surface area contributed by atoms with Crippen molar-refractivity contribution >= 4 is 17.5 Å². The third kappa shape index (κ3) is 4.32. The molecule has 4 rings (SSSR count). The molecule has 29 heavy (non-hydrogen) atoms. The molecule has 0 radical (unpaired) electrons. The molecule has 1 atom stereocenters. The molecule has 0 saturated carbocycles. The first-order valence-electron chi connectivity index (χ1n) is 9.26. The van der Waals surface area contributed by atoms with Gasteiger partial charge in [0.2, 0.25) is 0 Å². The molecule has 1 aliphatic rings. The van der Waals surface area contributed by atoms with E-state index in [-0.39, 0.29) is 24.6 Å². The number of hydrogen-bond donors (Lipinski definition) is 0. The monoisotopic (exact) mass is 409 g/mol. The van der Waals surface area contributed by atoms with E-state index in [1.807, 2.05) is 17.0 Å². The molecule has 2 aromatic carbocycles. The fourth-order valence-corrected chi connectivity index (χ4v) is 3.61. The highest BCUT2D eigenvalue weighted by molar-refractivity contribution is 6.30. The highest BCUT2D eigenvalue weighted by Gasteiger charge is 2.31. The number of hydrogen-bond acceptors (Lipinski definition) is 5. The SMILES string of the molecule is COc1cnc(OC[C@@H]2Cc3ccccc3CN2C(=O)c2cccc(Cl)c2)nc1. The van der Waals surface area contributed by atoms with Crippen LogP contribution < -0.4 is 9.47 Å². The van der Waals surface area contributed by atoms with Gasteiger partial charge in [-0.2, -0.15) is 9.97 Å². The molecule has 0 unspecified atom stereocenters. The lowest BCUT2D eigenvalue weighted by Gasteiger charge is -2.36. The second-order valence-corrected chi connectivity index (χ2v) is 7.22. The first-order chi connectivity index (χ1) is 14.1. The number of carbonyl (C=O) groups is 1. The zero-order chi connectivity index (χ0) is 20.2. The Bertz CT molecular complexity index is 1010. The van der Waals surface area contributed by atoms with Crippen molar-refractivity contribution in [3.8, 4) is 11.8 Å². The molecular weight excluding hydrogens is 390 g/mol. The zero-order valence-corrected chi connectivity index (χ0v) is 16.7. The number of amides is 1. The number of methoxy groups -OCH3 is 1. The van der Waals surface area contributed by atoms with Gasteiger partial charge in [0, 0.05) is 17.1 Å². The van der Waals surface area contributed by atoms with E-state index >= 15 is 0 Å². The number of carbonyl (C=O) groups excluding carboxylic acids is 1. The molecule has 6 nitrogen and oxygen atoms in total. The number of ether oxygens (including phenoxy) is 2. The zero-order valence-electron chi connectivity index (χ0n) is 15.9. The van der Waals surface area contributed by atoms with Crippen molar-refractivity contribution in [2.45, 2.75) is 19.0 Å². The molecule has 148 valence electrons. The summed E-state index contributed by atoms with van der Waals surface area (Å²) in [6, 6.07) is 15.2. The van der Waals surface area contributed by atoms with Crippen LogP contribution in [0.15, 0.2) is 60.9 Å². The smallest absolute Gasteiger partial charge is 0.316 e. The van der Waals surface area contributed by atoms with E-state index in [9.17, 15) is 4.79 Å². The van der Waals surface area contributed by atoms with Gasteiger partial charge in [-0.15, -0.1) is 0 Å². The van der Waals surface area contributed by atoms with Crippen LogP contribution in [-0.4, -0.2) is 40.5 Å². The Labute approximate surface area is 174 Å². The third-order valence-electron chi connectivity index (χ3n) is 4.93. The summed E-state index contributed by atoms with van der Waals surface area (Å²) >= 11 is 6.09. The lowest BCUT2D eigenvalue weighted by atomic mass is 9.93. The van der Waals surface area contributed by atoms with E-state index in [4.69, 9.17) is 21.1 Å². The van der Waals surface area contributed by atoms with Crippen LogP contribution in [0, 0.1) is 0 Å². The number of nitrogens with zero attached hydrogens (tertiary/aromatic N) is 3. The van der Waals surface area contributed by atoms with Gasteiger partial charge in [-0.25, -0.2) is 0 Å². The molecule has 0 aliphatic carbocycles. The number of benzene rings is 2. The molecule has 2 heterocycles. The van der Waals surface area contributed by atoms with E-state index < -0.39 is 0 Å². The van der Waals surface area contributed by atoms with E-state index in [2.05, 4.69) is 22.1 Å². The Kier molecular flexibility index (Phi) is 5.62. The van der Waals surface area contributed by atoms with E-state index in [0.29, 0.717) is 29.3 Å². The minimum atomic E-state index is -0.151. The van der Waals surface area contributed by atoms with Gasteiger partial charge in [-0.3, -0.25) is 4.79 Å². The number of halogens is 1. The van der Waals surface area contributed by atoms with Crippen LogP contribution in [0.5, 0.6) is 11.8 Å². The molecule has 0 bridgehead atoms. The first kappa shape index (κ1) is 19.2. The summed E-state index contributed by atoms with van der Waals surface area (Å²) < 4.78 is 10.9. The second kappa shape index (κ2) is 8.49. The van der Waals surface area contributed by atoms with Crippen molar-refractivity contribution < 1.29 is 14.3 Å². The second-order valence-electron chi connectivity index (χ2n) is 6.79. The first-order valence-corrected chi connectivity index (χ1v) is 9.64. The number of fused-ring (bicyclic) bond motifs is 1. The maximum absolute atomic E-state index is 13.2. The summed E-state index contributed by atoms with van der Waals surface area (Å²) in [4.78, 5) is 23.3. The van der Waals surface area contributed by atoms with Crippen LogP contribution in [0.4, 0.5) is 0 Å². The Morgan fingerprint density at radius 2 is 1.90 bits per heavy atom. The Balaban J connectivity index is 1.56. The van der Waals surface area contributed by atoms with E-state index in [1.165, 1.54) is 5.56 Å². The van der Waals surface area contributed by atoms with Crippen LogP contribution >= 0.6 is 11.6 Å². The third-order valence-corrected chi connectivity index (χ3v) is 5.17. The van der Waals surface area contributed by atoms with E-state index in [1.54, 1.807) is 43.8 Å². The van der Waals surface area contributed by atoms with Crippen molar-refractivity contribution in [3.05, 3.63) is 82.6 Å². The molecule has 0 spiro atoms. The largest absolute Gasteiger partial charge is 0.494 e. The van der Waals surface area contributed by atoms with Crippen molar-refractivity contribution in [2.75, 3.05) is 13.7 Å². The van der Waals surface area contributed by atoms with E-state index in [0.717, 1.165) is 5.56 Å². The average molecular weight is 410 g/mol. The summed E-state index contributed by atoms with van der Waals surface area (Å²) in [7, 11) is 1.55. The van der Waals surface area contributed by atoms with Crippen LogP contribution in [0.3, 0.4) is 0 Å². The molecule has 3 aromatic rings. The van der Waals surface area contributed by atoms with Crippen molar-refractivity contribution in [1.29, 1.82) is 0 Å². The Morgan fingerprint density at radius 1 is 1.14 bits per heavy atom. The maximum Gasteiger partial charge on any atom is 0.316 e. The highest BCUT2D eigenvalue weighted by atomic mass is 35.5. The number of aromatic nitrogens is 2. The molecule has 0 saturated heterocycles. The molecule has 0 fully saturated rings. The minimum absolute atomic E-state index is 0.0775. The maximum atomic E-state index is 13.2. The molecule has 7 heteroatoms.